The first-order valence-electron chi connectivity index (χ1n) is 10.3. The van der Waals surface area contributed by atoms with E-state index in [0.717, 1.165) is 14.7 Å². The molecule has 0 unspecified atom stereocenters. The van der Waals surface area contributed by atoms with Gasteiger partial charge in [-0.3, -0.25) is 4.79 Å². The number of carbonyl (C=O) groups excluding carboxylic acids is 1. The monoisotopic (exact) mass is 606 g/mol. The number of ether oxygens (including phenoxy) is 2. The van der Waals surface area contributed by atoms with Crippen molar-refractivity contribution in [3.05, 3.63) is 90.5 Å². The Kier molecular flexibility index (Phi) is 9.22. The number of amides is 1. The van der Waals surface area contributed by atoms with Crippen molar-refractivity contribution in [1.82, 2.24) is 0 Å². The van der Waals surface area contributed by atoms with Crippen LogP contribution < -0.4 is 14.8 Å². The third-order valence-electron chi connectivity index (χ3n) is 4.65. The van der Waals surface area contributed by atoms with Crippen LogP contribution in [0.3, 0.4) is 0 Å². The number of carbonyl (C=O) groups is 1. The third kappa shape index (κ3) is 6.89. The van der Waals surface area contributed by atoms with Gasteiger partial charge < -0.3 is 14.8 Å². The predicted octanol–water partition coefficient (Wildman–Crippen LogP) is 7.43. The lowest BCUT2D eigenvalue weighted by Crippen LogP contribution is -2.13. The zero-order chi connectivity index (χ0) is 24.7. The summed E-state index contributed by atoms with van der Waals surface area (Å²) in [4.78, 5) is 12.7. The number of nitrogens with zero attached hydrogens (tertiary/aromatic N) is 1. The van der Waals surface area contributed by atoms with Crippen LogP contribution in [-0.2, 0) is 11.4 Å². The summed E-state index contributed by atoms with van der Waals surface area (Å²) >= 11 is 14.2. The molecule has 1 amide bonds. The van der Waals surface area contributed by atoms with E-state index in [1.807, 2.05) is 50.2 Å². The van der Waals surface area contributed by atoms with Crippen molar-refractivity contribution in [2.45, 2.75) is 20.5 Å². The summed E-state index contributed by atoms with van der Waals surface area (Å²) in [7, 11) is 0. The van der Waals surface area contributed by atoms with Gasteiger partial charge >= 0.3 is 0 Å². The summed E-state index contributed by atoms with van der Waals surface area (Å²) in [5.74, 6) is 0.589. The summed E-state index contributed by atoms with van der Waals surface area (Å²) in [6, 6.07) is 18.2. The lowest BCUT2D eigenvalue weighted by Gasteiger charge is -2.15. The van der Waals surface area contributed by atoms with E-state index in [0.29, 0.717) is 39.4 Å². The largest absolute Gasteiger partial charge is 0.490 e. The van der Waals surface area contributed by atoms with Gasteiger partial charge in [0.25, 0.3) is 5.91 Å². The number of hydrogen-bond donors (Lipinski definition) is 1. The van der Waals surface area contributed by atoms with Gasteiger partial charge in [0.05, 0.1) is 20.2 Å². The van der Waals surface area contributed by atoms with Crippen molar-refractivity contribution < 1.29 is 14.3 Å². The standard InChI is InChI=1S/C26H21Cl2IN2O3/c1-3-33-24-13-18(10-19(14-30)26(32)31-20-6-4-5-16(2)9-20)12-23(29)25(24)34-15-17-7-8-21(27)22(28)11-17/h4-13H,3,15H2,1-2H3,(H,31,32)/b19-10-. The summed E-state index contributed by atoms with van der Waals surface area (Å²) in [6.07, 6.45) is 1.53. The molecule has 0 aromatic heterocycles. The van der Waals surface area contributed by atoms with E-state index in [1.54, 1.807) is 24.3 Å². The lowest BCUT2D eigenvalue weighted by atomic mass is 10.1. The van der Waals surface area contributed by atoms with Gasteiger partial charge in [-0.15, -0.1) is 0 Å². The highest BCUT2D eigenvalue weighted by Gasteiger charge is 2.15. The minimum atomic E-state index is -0.485. The van der Waals surface area contributed by atoms with Gasteiger partial charge in [0.1, 0.15) is 18.2 Å². The van der Waals surface area contributed by atoms with Crippen LogP contribution in [0.5, 0.6) is 11.5 Å². The van der Waals surface area contributed by atoms with Crippen LogP contribution in [-0.4, -0.2) is 12.5 Å². The molecule has 0 saturated heterocycles. The highest BCUT2D eigenvalue weighted by Crippen LogP contribution is 2.36. The van der Waals surface area contributed by atoms with Crippen molar-refractivity contribution >= 4 is 63.5 Å². The van der Waals surface area contributed by atoms with Crippen LogP contribution in [0.1, 0.15) is 23.6 Å². The first-order valence-corrected chi connectivity index (χ1v) is 12.2. The molecule has 3 aromatic rings. The fourth-order valence-electron chi connectivity index (χ4n) is 3.10. The number of halogens is 3. The van der Waals surface area contributed by atoms with E-state index in [1.165, 1.54) is 6.08 Å². The van der Waals surface area contributed by atoms with E-state index < -0.39 is 5.91 Å². The van der Waals surface area contributed by atoms with E-state index >= 15 is 0 Å². The second kappa shape index (κ2) is 12.1. The van der Waals surface area contributed by atoms with Crippen molar-refractivity contribution in [1.29, 1.82) is 5.26 Å². The number of nitrogens with one attached hydrogen (secondary N) is 1. The molecule has 0 bridgehead atoms. The first kappa shape index (κ1) is 25.9. The molecule has 0 aliphatic heterocycles. The highest BCUT2D eigenvalue weighted by molar-refractivity contribution is 14.1. The Bertz CT molecular complexity index is 1290. The van der Waals surface area contributed by atoms with Gasteiger partial charge in [0.15, 0.2) is 11.5 Å². The Morgan fingerprint density at radius 3 is 2.59 bits per heavy atom. The molecule has 0 heterocycles. The van der Waals surface area contributed by atoms with Gasteiger partial charge in [0.2, 0.25) is 0 Å². The van der Waals surface area contributed by atoms with Crippen LogP contribution in [0.4, 0.5) is 5.69 Å². The molecular formula is C26H21Cl2IN2O3. The van der Waals surface area contributed by atoms with Crippen LogP contribution >= 0.6 is 45.8 Å². The number of anilines is 1. The summed E-state index contributed by atoms with van der Waals surface area (Å²) in [5, 5.41) is 13.3. The first-order chi connectivity index (χ1) is 16.3. The molecule has 0 fully saturated rings. The van der Waals surface area contributed by atoms with Crippen LogP contribution in [0.2, 0.25) is 10.0 Å². The Morgan fingerprint density at radius 1 is 1.12 bits per heavy atom. The minimum Gasteiger partial charge on any atom is -0.490 e. The fraction of sp³-hybridized carbons (Fsp3) is 0.154. The van der Waals surface area contributed by atoms with Crippen molar-refractivity contribution in [2.75, 3.05) is 11.9 Å². The zero-order valence-electron chi connectivity index (χ0n) is 18.5. The van der Waals surface area contributed by atoms with E-state index in [4.69, 9.17) is 32.7 Å². The predicted molar refractivity (Wildman–Crippen MR) is 145 cm³/mol. The number of benzene rings is 3. The normalized spacial score (nSPS) is 11.0. The van der Waals surface area contributed by atoms with Crippen molar-refractivity contribution in [3.8, 4) is 17.6 Å². The van der Waals surface area contributed by atoms with Gasteiger partial charge in [0, 0.05) is 5.69 Å². The maximum absolute atomic E-state index is 12.7. The Morgan fingerprint density at radius 2 is 1.91 bits per heavy atom. The smallest absolute Gasteiger partial charge is 0.266 e. The number of aryl methyl sites for hydroxylation is 1. The van der Waals surface area contributed by atoms with Crippen molar-refractivity contribution in [2.24, 2.45) is 0 Å². The van der Waals surface area contributed by atoms with E-state index in [2.05, 4.69) is 27.9 Å². The molecule has 0 radical (unpaired) electrons. The summed E-state index contributed by atoms with van der Waals surface area (Å²) in [5.41, 5.74) is 3.11. The molecule has 1 N–H and O–H groups in total. The maximum atomic E-state index is 12.7. The fourth-order valence-corrected chi connectivity index (χ4v) is 4.20. The molecule has 0 aliphatic rings. The van der Waals surface area contributed by atoms with Gasteiger partial charge in [-0.2, -0.15) is 5.26 Å². The van der Waals surface area contributed by atoms with E-state index in [9.17, 15) is 10.1 Å². The Labute approximate surface area is 222 Å². The number of nitriles is 1. The molecule has 0 aliphatic carbocycles. The average Bonchev–Trinajstić information content (AvgIpc) is 2.79. The summed E-state index contributed by atoms with van der Waals surface area (Å²) < 4.78 is 12.6. The van der Waals surface area contributed by atoms with Crippen LogP contribution in [0.15, 0.2) is 60.2 Å². The van der Waals surface area contributed by atoms with Crippen LogP contribution in [0.25, 0.3) is 6.08 Å². The quantitative estimate of drug-likeness (QED) is 0.164. The van der Waals surface area contributed by atoms with E-state index in [-0.39, 0.29) is 12.2 Å². The molecule has 174 valence electrons. The van der Waals surface area contributed by atoms with Gasteiger partial charge in [-0.25, -0.2) is 0 Å². The lowest BCUT2D eigenvalue weighted by molar-refractivity contribution is -0.112. The Balaban J connectivity index is 1.85. The number of hydrogen-bond acceptors (Lipinski definition) is 4. The molecule has 0 saturated carbocycles. The molecular weight excluding hydrogens is 586 g/mol. The molecule has 8 heteroatoms. The van der Waals surface area contributed by atoms with Gasteiger partial charge in [-0.1, -0.05) is 41.4 Å². The minimum absolute atomic E-state index is 0.0239. The topological polar surface area (TPSA) is 71.3 Å². The molecule has 34 heavy (non-hydrogen) atoms. The molecule has 3 aromatic carbocycles. The SMILES string of the molecule is CCOc1cc(/C=C(/C#N)C(=O)Nc2cccc(C)c2)cc(I)c1OCc1ccc(Cl)c(Cl)c1. The average molecular weight is 607 g/mol. The number of rotatable bonds is 8. The van der Waals surface area contributed by atoms with Crippen molar-refractivity contribution in [3.63, 3.8) is 0 Å². The second-order valence-electron chi connectivity index (χ2n) is 7.29. The molecule has 0 atom stereocenters. The highest BCUT2D eigenvalue weighted by atomic mass is 127. The zero-order valence-corrected chi connectivity index (χ0v) is 22.2. The maximum Gasteiger partial charge on any atom is 0.266 e. The summed E-state index contributed by atoms with van der Waals surface area (Å²) in [6.45, 7) is 4.49. The molecule has 0 spiro atoms. The Hall–Kier alpha value is -2.73. The third-order valence-corrected chi connectivity index (χ3v) is 6.19. The van der Waals surface area contributed by atoms with Crippen LogP contribution in [0, 0.1) is 21.8 Å². The molecule has 5 nitrogen and oxygen atoms in total. The van der Waals surface area contributed by atoms with Gasteiger partial charge in [-0.05, 0) is 95.6 Å². The molecule has 3 rings (SSSR count). The second-order valence-corrected chi connectivity index (χ2v) is 9.27.